The Balaban J connectivity index is 1.62. The number of furan rings is 1. The molecule has 4 heteroatoms. The molecule has 0 saturated heterocycles. The monoisotopic (exact) mass is 298 g/mol. The number of rotatable bonds is 5. The summed E-state index contributed by atoms with van der Waals surface area (Å²) in [6, 6.07) is 15.6. The van der Waals surface area contributed by atoms with E-state index in [9.17, 15) is 0 Å². The summed E-state index contributed by atoms with van der Waals surface area (Å²) in [5.41, 5.74) is 2.06. The van der Waals surface area contributed by atoms with Crippen LogP contribution in [0.4, 0.5) is 0 Å². The lowest BCUT2D eigenvalue weighted by Gasteiger charge is -2.03. The van der Waals surface area contributed by atoms with Gasteiger partial charge in [0.2, 0.25) is 0 Å². The maximum absolute atomic E-state index is 6.17. The van der Waals surface area contributed by atoms with Crippen molar-refractivity contribution in [3.63, 3.8) is 0 Å². The molecule has 1 N–H and O–H groups in total. The van der Waals surface area contributed by atoms with E-state index in [0.717, 1.165) is 29.2 Å². The lowest BCUT2D eigenvalue weighted by molar-refractivity contribution is 0.493. The quantitative estimate of drug-likeness (QED) is 0.764. The lowest BCUT2D eigenvalue weighted by atomic mass is 10.2. The van der Waals surface area contributed by atoms with Crippen molar-refractivity contribution in [1.82, 2.24) is 10.3 Å². The lowest BCUT2D eigenvalue weighted by Crippen LogP contribution is -2.12. The smallest absolute Gasteiger partial charge is 0.135 e. The van der Waals surface area contributed by atoms with E-state index in [1.807, 2.05) is 54.7 Å². The van der Waals surface area contributed by atoms with Crippen LogP contribution in [-0.4, -0.2) is 4.98 Å². The van der Waals surface area contributed by atoms with Crippen LogP contribution in [0.5, 0.6) is 0 Å². The molecule has 0 atom stereocenters. The van der Waals surface area contributed by atoms with E-state index < -0.39 is 0 Å². The molecule has 0 amide bonds. The van der Waals surface area contributed by atoms with Gasteiger partial charge in [0.1, 0.15) is 11.5 Å². The van der Waals surface area contributed by atoms with Gasteiger partial charge in [-0.3, -0.25) is 4.98 Å². The fourth-order valence-electron chi connectivity index (χ4n) is 2.11. The van der Waals surface area contributed by atoms with Gasteiger partial charge in [-0.2, -0.15) is 0 Å². The number of nitrogens with one attached hydrogen (secondary N) is 1. The normalized spacial score (nSPS) is 10.7. The molecule has 2 aromatic heterocycles. The summed E-state index contributed by atoms with van der Waals surface area (Å²) in [6.45, 7) is 1.43. The SMILES string of the molecule is Clc1ccccc1-c1ccc(CNCc2cccnc2)o1. The van der Waals surface area contributed by atoms with Crippen LogP contribution in [0.25, 0.3) is 11.3 Å². The highest BCUT2D eigenvalue weighted by Crippen LogP contribution is 2.28. The average Bonchev–Trinajstić information content (AvgIpc) is 2.97. The number of nitrogens with zero attached hydrogens (tertiary/aromatic N) is 1. The minimum absolute atomic E-state index is 0.666. The zero-order valence-corrected chi connectivity index (χ0v) is 12.2. The van der Waals surface area contributed by atoms with Crippen molar-refractivity contribution in [3.8, 4) is 11.3 Å². The Bertz CT molecular complexity index is 710. The Hall–Kier alpha value is -2.10. The van der Waals surface area contributed by atoms with Crippen LogP contribution in [0, 0.1) is 0 Å². The topological polar surface area (TPSA) is 38.1 Å². The van der Waals surface area contributed by atoms with Gasteiger partial charge in [-0.15, -0.1) is 0 Å². The molecule has 0 saturated carbocycles. The van der Waals surface area contributed by atoms with Crippen LogP contribution in [-0.2, 0) is 13.1 Å². The molecule has 106 valence electrons. The first-order valence-corrected chi connectivity index (χ1v) is 7.14. The Morgan fingerprint density at radius 2 is 1.90 bits per heavy atom. The number of halogens is 1. The molecule has 3 nitrogen and oxygen atoms in total. The Labute approximate surface area is 128 Å². The minimum atomic E-state index is 0.666. The van der Waals surface area contributed by atoms with E-state index >= 15 is 0 Å². The molecule has 0 radical (unpaired) electrons. The summed E-state index contributed by atoms with van der Waals surface area (Å²) in [5.74, 6) is 1.67. The summed E-state index contributed by atoms with van der Waals surface area (Å²) in [6.07, 6.45) is 3.62. The van der Waals surface area contributed by atoms with Crippen molar-refractivity contribution < 1.29 is 4.42 Å². The maximum Gasteiger partial charge on any atom is 0.135 e. The molecule has 0 aliphatic rings. The molecular formula is C17H15ClN2O. The van der Waals surface area contributed by atoms with Gasteiger partial charge in [-0.1, -0.05) is 29.8 Å². The number of aromatic nitrogens is 1. The van der Waals surface area contributed by atoms with Crippen molar-refractivity contribution in [2.75, 3.05) is 0 Å². The van der Waals surface area contributed by atoms with Gasteiger partial charge in [0.05, 0.1) is 11.6 Å². The van der Waals surface area contributed by atoms with E-state index in [4.69, 9.17) is 16.0 Å². The van der Waals surface area contributed by atoms with Crippen LogP contribution in [0.15, 0.2) is 65.3 Å². The first-order valence-electron chi connectivity index (χ1n) is 6.76. The zero-order valence-electron chi connectivity index (χ0n) is 11.4. The number of benzene rings is 1. The van der Waals surface area contributed by atoms with E-state index in [-0.39, 0.29) is 0 Å². The molecule has 0 unspecified atom stereocenters. The maximum atomic E-state index is 6.17. The highest BCUT2D eigenvalue weighted by molar-refractivity contribution is 6.33. The fourth-order valence-corrected chi connectivity index (χ4v) is 2.34. The molecule has 0 aliphatic heterocycles. The van der Waals surface area contributed by atoms with Crippen molar-refractivity contribution in [2.45, 2.75) is 13.1 Å². The van der Waals surface area contributed by atoms with E-state index in [0.29, 0.717) is 11.6 Å². The Kier molecular flexibility index (Phi) is 4.34. The largest absolute Gasteiger partial charge is 0.460 e. The summed E-state index contributed by atoms with van der Waals surface area (Å²) in [7, 11) is 0. The Morgan fingerprint density at radius 3 is 2.71 bits per heavy atom. The number of hydrogen-bond donors (Lipinski definition) is 1. The van der Waals surface area contributed by atoms with Crippen LogP contribution in [0.3, 0.4) is 0 Å². The standard InChI is InChI=1S/C17H15ClN2O/c18-16-6-2-1-5-15(16)17-8-7-14(21-17)12-20-11-13-4-3-9-19-10-13/h1-10,20H,11-12H2. The van der Waals surface area contributed by atoms with Crippen LogP contribution in [0.1, 0.15) is 11.3 Å². The average molecular weight is 299 g/mol. The molecule has 3 aromatic rings. The third kappa shape index (κ3) is 3.51. The Morgan fingerprint density at radius 1 is 1.00 bits per heavy atom. The van der Waals surface area contributed by atoms with Gasteiger partial charge in [-0.05, 0) is 35.9 Å². The highest BCUT2D eigenvalue weighted by Gasteiger charge is 2.07. The van der Waals surface area contributed by atoms with Crippen molar-refractivity contribution in [3.05, 3.63) is 77.3 Å². The fraction of sp³-hybridized carbons (Fsp3) is 0.118. The van der Waals surface area contributed by atoms with Gasteiger partial charge in [0.25, 0.3) is 0 Å². The van der Waals surface area contributed by atoms with E-state index in [1.54, 1.807) is 6.20 Å². The van der Waals surface area contributed by atoms with Gasteiger partial charge in [0.15, 0.2) is 0 Å². The molecule has 0 aliphatic carbocycles. The molecular weight excluding hydrogens is 284 g/mol. The summed E-state index contributed by atoms with van der Waals surface area (Å²) in [5, 5.41) is 4.03. The van der Waals surface area contributed by atoms with Crippen molar-refractivity contribution in [1.29, 1.82) is 0 Å². The van der Waals surface area contributed by atoms with Gasteiger partial charge >= 0.3 is 0 Å². The molecule has 0 spiro atoms. The highest BCUT2D eigenvalue weighted by atomic mass is 35.5. The van der Waals surface area contributed by atoms with Crippen molar-refractivity contribution >= 4 is 11.6 Å². The van der Waals surface area contributed by atoms with Crippen LogP contribution < -0.4 is 5.32 Å². The molecule has 0 fully saturated rings. The second-order valence-electron chi connectivity index (χ2n) is 4.71. The molecule has 21 heavy (non-hydrogen) atoms. The van der Waals surface area contributed by atoms with Gasteiger partial charge in [0, 0.05) is 24.5 Å². The zero-order chi connectivity index (χ0) is 14.5. The molecule has 3 rings (SSSR count). The number of pyridine rings is 1. The van der Waals surface area contributed by atoms with Crippen LogP contribution >= 0.6 is 11.6 Å². The second kappa shape index (κ2) is 6.57. The molecule has 0 bridgehead atoms. The number of hydrogen-bond acceptors (Lipinski definition) is 3. The summed E-state index contributed by atoms with van der Waals surface area (Å²) in [4.78, 5) is 4.09. The van der Waals surface area contributed by atoms with Gasteiger partial charge < -0.3 is 9.73 Å². The first kappa shape index (κ1) is 13.9. The predicted molar refractivity (Wildman–Crippen MR) is 83.9 cm³/mol. The summed E-state index contributed by atoms with van der Waals surface area (Å²) >= 11 is 6.17. The van der Waals surface area contributed by atoms with E-state index in [1.165, 1.54) is 0 Å². The summed E-state index contributed by atoms with van der Waals surface area (Å²) < 4.78 is 5.83. The second-order valence-corrected chi connectivity index (χ2v) is 5.12. The van der Waals surface area contributed by atoms with Crippen molar-refractivity contribution in [2.24, 2.45) is 0 Å². The third-order valence-electron chi connectivity index (χ3n) is 3.15. The molecule has 1 aromatic carbocycles. The molecule has 2 heterocycles. The third-order valence-corrected chi connectivity index (χ3v) is 3.48. The van der Waals surface area contributed by atoms with Gasteiger partial charge in [-0.25, -0.2) is 0 Å². The van der Waals surface area contributed by atoms with Crippen LogP contribution in [0.2, 0.25) is 5.02 Å². The predicted octanol–water partition coefficient (Wildman–Crippen LogP) is 4.28. The first-order chi connectivity index (χ1) is 10.3. The minimum Gasteiger partial charge on any atom is -0.460 e. The van der Waals surface area contributed by atoms with E-state index in [2.05, 4.69) is 10.3 Å².